The number of rotatable bonds is 6. The van der Waals surface area contributed by atoms with Crippen LogP contribution in [0.2, 0.25) is 5.15 Å². The number of halogens is 1. The zero-order valence-corrected chi connectivity index (χ0v) is 9.74. The Bertz CT molecular complexity index is 288. The largest absolute Gasteiger partial charge is 0.395 e. The van der Waals surface area contributed by atoms with Crippen molar-refractivity contribution < 1.29 is 5.11 Å². The van der Waals surface area contributed by atoms with Crippen molar-refractivity contribution in [1.29, 1.82) is 0 Å². The lowest BCUT2D eigenvalue weighted by Crippen LogP contribution is -2.27. The van der Waals surface area contributed by atoms with Crippen molar-refractivity contribution in [1.82, 2.24) is 9.88 Å². The highest BCUT2D eigenvalue weighted by Crippen LogP contribution is 2.13. The Balaban J connectivity index is 2.60. The molecule has 1 aromatic heterocycles. The third-order valence-corrected chi connectivity index (χ3v) is 2.53. The summed E-state index contributed by atoms with van der Waals surface area (Å²) >= 11 is 5.97. The maximum Gasteiger partial charge on any atom is 0.133 e. The smallest absolute Gasteiger partial charge is 0.133 e. The van der Waals surface area contributed by atoms with Crippen molar-refractivity contribution in [2.45, 2.75) is 19.9 Å². The van der Waals surface area contributed by atoms with Gasteiger partial charge < -0.3 is 5.11 Å². The van der Waals surface area contributed by atoms with Gasteiger partial charge >= 0.3 is 0 Å². The third kappa shape index (κ3) is 4.16. The summed E-state index contributed by atoms with van der Waals surface area (Å²) in [7, 11) is 0. The molecule has 0 bridgehead atoms. The summed E-state index contributed by atoms with van der Waals surface area (Å²) in [6.45, 7) is 4.69. The molecule has 84 valence electrons. The van der Waals surface area contributed by atoms with Crippen LogP contribution in [0.5, 0.6) is 0 Å². The van der Waals surface area contributed by atoms with Crippen LogP contribution in [0.1, 0.15) is 18.9 Å². The van der Waals surface area contributed by atoms with Gasteiger partial charge in [-0.2, -0.15) is 0 Å². The fraction of sp³-hybridized carbons (Fsp3) is 0.545. The van der Waals surface area contributed by atoms with E-state index in [1.54, 1.807) is 6.20 Å². The van der Waals surface area contributed by atoms with Gasteiger partial charge in [0.1, 0.15) is 5.15 Å². The van der Waals surface area contributed by atoms with E-state index in [0.29, 0.717) is 11.7 Å². The summed E-state index contributed by atoms with van der Waals surface area (Å²) in [4.78, 5) is 6.20. The Morgan fingerprint density at radius 2 is 2.27 bits per heavy atom. The maximum atomic E-state index is 8.92. The van der Waals surface area contributed by atoms with E-state index in [1.807, 2.05) is 12.1 Å². The van der Waals surface area contributed by atoms with E-state index < -0.39 is 0 Å². The Labute approximate surface area is 95.7 Å². The molecule has 0 aliphatic rings. The standard InChI is InChI=1S/C11H17ClN2O/c1-2-6-14(7-8-15)9-10-4-3-5-13-11(10)12/h3-5,15H,2,6-9H2,1H3. The van der Waals surface area contributed by atoms with Crippen molar-refractivity contribution in [3.63, 3.8) is 0 Å². The fourth-order valence-electron chi connectivity index (χ4n) is 1.51. The summed E-state index contributed by atoms with van der Waals surface area (Å²) in [5.74, 6) is 0. The van der Waals surface area contributed by atoms with Gasteiger partial charge in [-0.1, -0.05) is 24.6 Å². The summed E-state index contributed by atoms with van der Waals surface area (Å²) in [6, 6.07) is 3.85. The first kappa shape index (κ1) is 12.4. The van der Waals surface area contributed by atoms with Gasteiger partial charge in [0.15, 0.2) is 0 Å². The Morgan fingerprint density at radius 1 is 1.47 bits per heavy atom. The van der Waals surface area contributed by atoms with Gasteiger partial charge in [0.25, 0.3) is 0 Å². The van der Waals surface area contributed by atoms with E-state index in [1.165, 1.54) is 0 Å². The molecule has 1 aromatic rings. The highest BCUT2D eigenvalue weighted by molar-refractivity contribution is 6.30. The summed E-state index contributed by atoms with van der Waals surface area (Å²) < 4.78 is 0. The molecule has 0 saturated heterocycles. The van der Waals surface area contributed by atoms with Gasteiger partial charge in [-0.05, 0) is 19.0 Å². The van der Waals surface area contributed by atoms with Crippen molar-refractivity contribution >= 4 is 11.6 Å². The normalized spacial score (nSPS) is 10.9. The minimum absolute atomic E-state index is 0.178. The molecule has 0 unspecified atom stereocenters. The van der Waals surface area contributed by atoms with Crippen LogP contribution >= 0.6 is 11.6 Å². The molecule has 4 heteroatoms. The molecular weight excluding hydrogens is 212 g/mol. The molecule has 1 heterocycles. The topological polar surface area (TPSA) is 36.4 Å². The zero-order chi connectivity index (χ0) is 11.1. The van der Waals surface area contributed by atoms with Gasteiger partial charge in [-0.15, -0.1) is 0 Å². The molecule has 0 saturated carbocycles. The minimum Gasteiger partial charge on any atom is -0.395 e. The molecule has 0 amide bonds. The second kappa shape index (κ2) is 6.77. The number of nitrogens with zero attached hydrogens (tertiary/aromatic N) is 2. The van der Waals surface area contributed by atoms with E-state index in [0.717, 1.165) is 25.1 Å². The number of aliphatic hydroxyl groups is 1. The van der Waals surface area contributed by atoms with E-state index >= 15 is 0 Å². The summed E-state index contributed by atoms with van der Waals surface area (Å²) in [6.07, 6.45) is 2.75. The highest BCUT2D eigenvalue weighted by Gasteiger charge is 2.07. The van der Waals surface area contributed by atoms with Crippen molar-refractivity contribution in [2.24, 2.45) is 0 Å². The molecule has 0 atom stereocenters. The van der Waals surface area contributed by atoms with E-state index in [2.05, 4.69) is 16.8 Å². The van der Waals surface area contributed by atoms with Gasteiger partial charge in [0, 0.05) is 24.8 Å². The molecule has 0 aliphatic heterocycles. The maximum absolute atomic E-state index is 8.92. The predicted octanol–water partition coefficient (Wildman–Crippen LogP) is 1.94. The molecular formula is C11H17ClN2O. The first-order chi connectivity index (χ1) is 7.27. The predicted molar refractivity (Wildman–Crippen MR) is 61.9 cm³/mol. The van der Waals surface area contributed by atoms with Gasteiger partial charge in [0.2, 0.25) is 0 Å². The lowest BCUT2D eigenvalue weighted by molar-refractivity contribution is 0.190. The van der Waals surface area contributed by atoms with Gasteiger partial charge in [0.05, 0.1) is 6.61 Å². The van der Waals surface area contributed by atoms with Crippen LogP contribution in [0.3, 0.4) is 0 Å². The van der Waals surface area contributed by atoms with Crippen LogP contribution in [0.4, 0.5) is 0 Å². The van der Waals surface area contributed by atoms with Crippen LogP contribution < -0.4 is 0 Å². The van der Waals surface area contributed by atoms with Crippen LogP contribution in [-0.2, 0) is 6.54 Å². The molecule has 0 aliphatic carbocycles. The van der Waals surface area contributed by atoms with Crippen LogP contribution in [0.25, 0.3) is 0 Å². The Hall–Kier alpha value is -0.640. The first-order valence-electron chi connectivity index (χ1n) is 5.20. The molecule has 0 spiro atoms. The average molecular weight is 229 g/mol. The second-order valence-corrected chi connectivity index (χ2v) is 3.81. The molecule has 15 heavy (non-hydrogen) atoms. The van der Waals surface area contributed by atoms with E-state index in [4.69, 9.17) is 16.7 Å². The highest BCUT2D eigenvalue weighted by atomic mass is 35.5. The molecule has 0 radical (unpaired) electrons. The monoisotopic (exact) mass is 228 g/mol. The number of aromatic nitrogens is 1. The first-order valence-corrected chi connectivity index (χ1v) is 5.58. The summed E-state index contributed by atoms with van der Waals surface area (Å²) in [5.41, 5.74) is 1.01. The number of aliphatic hydroxyl groups excluding tert-OH is 1. The third-order valence-electron chi connectivity index (χ3n) is 2.19. The molecule has 1 N–H and O–H groups in total. The van der Waals surface area contributed by atoms with Crippen molar-refractivity contribution in [2.75, 3.05) is 19.7 Å². The van der Waals surface area contributed by atoms with Crippen LogP contribution in [0.15, 0.2) is 18.3 Å². The van der Waals surface area contributed by atoms with Gasteiger partial charge in [-0.3, -0.25) is 4.90 Å². The fourth-order valence-corrected chi connectivity index (χ4v) is 1.68. The molecule has 3 nitrogen and oxygen atoms in total. The number of hydrogen-bond acceptors (Lipinski definition) is 3. The minimum atomic E-state index is 0.178. The Morgan fingerprint density at radius 3 is 2.87 bits per heavy atom. The van der Waals surface area contributed by atoms with E-state index in [-0.39, 0.29) is 6.61 Å². The van der Waals surface area contributed by atoms with Crippen LogP contribution in [-0.4, -0.2) is 34.7 Å². The lowest BCUT2D eigenvalue weighted by atomic mass is 10.2. The summed E-state index contributed by atoms with van der Waals surface area (Å²) in [5, 5.41) is 9.47. The number of pyridine rings is 1. The van der Waals surface area contributed by atoms with Gasteiger partial charge in [-0.25, -0.2) is 4.98 Å². The molecule has 1 rings (SSSR count). The van der Waals surface area contributed by atoms with Crippen molar-refractivity contribution in [3.05, 3.63) is 29.0 Å². The van der Waals surface area contributed by atoms with Crippen molar-refractivity contribution in [3.8, 4) is 0 Å². The quantitative estimate of drug-likeness (QED) is 0.756. The lowest BCUT2D eigenvalue weighted by Gasteiger charge is -2.20. The second-order valence-electron chi connectivity index (χ2n) is 3.45. The average Bonchev–Trinajstić information content (AvgIpc) is 2.22. The SMILES string of the molecule is CCCN(CCO)Cc1cccnc1Cl. The Kier molecular flexibility index (Phi) is 5.61. The molecule has 0 fully saturated rings. The van der Waals surface area contributed by atoms with E-state index in [9.17, 15) is 0 Å². The van der Waals surface area contributed by atoms with Crippen LogP contribution in [0, 0.1) is 0 Å². The zero-order valence-electron chi connectivity index (χ0n) is 8.99. The molecule has 0 aromatic carbocycles. The number of hydrogen-bond donors (Lipinski definition) is 1.